The van der Waals surface area contributed by atoms with E-state index in [0.717, 1.165) is 29.7 Å². The van der Waals surface area contributed by atoms with Gasteiger partial charge >= 0.3 is 5.97 Å². The first-order valence-electron chi connectivity index (χ1n) is 16.1. The molecule has 45 heavy (non-hydrogen) atoms. The molecule has 1 aromatic carbocycles. The van der Waals surface area contributed by atoms with Crippen LogP contribution in [0.4, 0.5) is 0 Å². The van der Waals surface area contributed by atoms with E-state index in [0.29, 0.717) is 43.7 Å². The molecule has 2 N–H and O–H groups in total. The molecule has 2 aliphatic heterocycles. The van der Waals surface area contributed by atoms with Crippen molar-refractivity contribution in [1.29, 1.82) is 0 Å². The molecule has 9 heteroatoms. The van der Waals surface area contributed by atoms with Gasteiger partial charge in [0.15, 0.2) is 11.5 Å². The van der Waals surface area contributed by atoms with Gasteiger partial charge in [0.2, 0.25) is 0 Å². The van der Waals surface area contributed by atoms with Gasteiger partial charge in [-0.1, -0.05) is 13.0 Å². The van der Waals surface area contributed by atoms with Crippen molar-refractivity contribution in [3.8, 4) is 11.5 Å². The fraction of sp³-hybridized carbons (Fsp3) is 0.611. The average Bonchev–Trinajstić information content (AvgIpc) is 3.62. The van der Waals surface area contributed by atoms with Crippen molar-refractivity contribution in [2.24, 2.45) is 28.1 Å². The summed E-state index contributed by atoms with van der Waals surface area (Å²) in [6.45, 7) is 9.61. The highest BCUT2D eigenvalue weighted by Gasteiger charge is 2.73. The fourth-order valence-electron chi connectivity index (χ4n) is 9.65. The molecule has 2 saturated carbocycles. The Labute approximate surface area is 265 Å². The van der Waals surface area contributed by atoms with Gasteiger partial charge < -0.3 is 33.8 Å². The maximum atomic E-state index is 14.4. The van der Waals surface area contributed by atoms with Crippen LogP contribution >= 0.6 is 0 Å². The number of benzene rings is 1. The molecule has 0 bridgehead atoms. The minimum absolute atomic E-state index is 0.0788. The molecule has 2 aromatic rings. The Bertz CT molecular complexity index is 1470. The van der Waals surface area contributed by atoms with E-state index in [1.165, 1.54) is 0 Å². The predicted molar refractivity (Wildman–Crippen MR) is 167 cm³/mol. The minimum atomic E-state index is -0.934. The Morgan fingerprint density at radius 2 is 1.80 bits per heavy atom. The second-order valence-corrected chi connectivity index (χ2v) is 14.3. The number of hydrogen-bond donors (Lipinski definition) is 2. The smallest absolute Gasteiger partial charge is 0.331 e. The Balaban J connectivity index is 1.25. The molecule has 9 nitrogen and oxygen atoms in total. The summed E-state index contributed by atoms with van der Waals surface area (Å²) in [5, 5.41) is 15.0. The highest BCUT2D eigenvalue weighted by Crippen LogP contribution is 2.71. The second kappa shape index (κ2) is 11.6. The number of Topliss-reactive ketones (excluding diaryl/α,β-unsaturated/α-hetero) is 1. The van der Waals surface area contributed by atoms with Gasteiger partial charge in [-0.05, 0) is 94.8 Å². The monoisotopic (exact) mass is 621 g/mol. The summed E-state index contributed by atoms with van der Waals surface area (Å²) in [6.07, 6.45) is 7.21. The number of methoxy groups -OCH3 is 2. The molecule has 2 aliphatic carbocycles. The number of rotatable bonds is 10. The van der Waals surface area contributed by atoms with E-state index in [9.17, 15) is 14.7 Å². The molecule has 2 unspecified atom stereocenters. The van der Waals surface area contributed by atoms with Gasteiger partial charge in [-0.15, -0.1) is 0 Å². The number of ketones is 1. The quantitative estimate of drug-likeness (QED) is 0.272. The first-order valence-corrected chi connectivity index (χ1v) is 16.1. The van der Waals surface area contributed by atoms with Gasteiger partial charge in [-0.25, -0.2) is 4.79 Å². The predicted octanol–water partition coefficient (Wildman–Crippen LogP) is 5.21. The van der Waals surface area contributed by atoms with Crippen molar-refractivity contribution in [2.45, 2.75) is 77.6 Å². The molecule has 1 aromatic heterocycles. The molecule has 7 atom stereocenters. The standard InChI is InChI=1S/C36H47NO8/c1-33(2)27-18-29(39)35(4)26(9-13-34(3)28(35)19-31(40)44-32(34)23-12-16-43-20-23)36(27,21-38)30(45-33)11-15-37-14-10-22-7-8-24(41-5)25(17-22)42-6/h7-8,12,16-17,19-20,26-27,30,32,37-38H,9-11,13-15,18,21H2,1-6H3/t26-,27-,30?,32-,34+,35+,36?/m0/s1. The molecule has 0 amide bonds. The molecule has 6 rings (SSSR count). The summed E-state index contributed by atoms with van der Waals surface area (Å²) in [5.74, 6) is 0.769. The summed E-state index contributed by atoms with van der Waals surface area (Å²) in [7, 11) is 3.27. The van der Waals surface area contributed by atoms with E-state index in [1.54, 1.807) is 32.8 Å². The number of fused-ring (bicyclic) bond motifs is 5. The average molecular weight is 622 g/mol. The van der Waals surface area contributed by atoms with Crippen LogP contribution in [-0.2, 0) is 25.5 Å². The highest BCUT2D eigenvalue weighted by molar-refractivity contribution is 5.94. The lowest BCUT2D eigenvalue weighted by atomic mass is 9.40. The van der Waals surface area contributed by atoms with Crippen molar-refractivity contribution < 1.29 is 38.1 Å². The van der Waals surface area contributed by atoms with Gasteiger partial charge in [0.25, 0.3) is 0 Å². The van der Waals surface area contributed by atoms with Crippen LogP contribution in [0.2, 0.25) is 0 Å². The highest BCUT2D eigenvalue weighted by atomic mass is 16.5. The van der Waals surface area contributed by atoms with Crippen molar-refractivity contribution >= 4 is 11.8 Å². The molecule has 4 aliphatic rings. The zero-order chi connectivity index (χ0) is 32.2. The number of nitrogens with one attached hydrogen (secondary N) is 1. The van der Waals surface area contributed by atoms with Crippen molar-refractivity contribution in [1.82, 2.24) is 5.32 Å². The SMILES string of the molecule is COc1ccc(CCNCCC2OC(C)(C)[C@@H]3CC(=O)[C@@]4(C)C5=CC(=O)O[C@@H](c6ccoc6)[C@]5(C)CC[C@@H]4C23CO)cc1OC. The normalized spacial score (nSPS) is 35.1. The lowest BCUT2D eigenvalue weighted by molar-refractivity contribution is -0.171. The van der Waals surface area contributed by atoms with Gasteiger partial charge in [-0.3, -0.25) is 4.79 Å². The number of aliphatic hydroxyl groups is 1. The van der Waals surface area contributed by atoms with Crippen LogP contribution in [0.1, 0.15) is 70.6 Å². The van der Waals surface area contributed by atoms with Gasteiger partial charge in [0.05, 0.1) is 50.5 Å². The summed E-state index contributed by atoms with van der Waals surface area (Å²) in [5.41, 5.74) is 0.0375. The van der Waals surface area contributed by atoms with Crippen LogP contribution in [0.15, 0.2) is 52.9 Å². The molecular weight excluding hydrogens is 574 g/mol. The van der Waals surface area contributed by atoms with Gasteiger partial charge in [0, 0.05) is 34.8 Å². The molecule has 0 spiro atoms. The van der Waals surface area contributed by atoms with Crippen molar-refractivity contribution in [3.63, 3.8) is 0 Å². The van der Waals surface area contributed by atoms with Crippen LogP contribution in [0.25, 0.3) is 0 Å². The summed E-state index contributed by atoms with van der Waals surface area (Å²) < 4.78 is 28.9. The third kappa shape index (κ3) is 4.84. The molecule has 1 saturated heterocycles. The summed E-state index contributed by atoms with van der Waals surface area (Å²) >= 11 is 0. The van der Waals surface area contributed by atoms with Gasteiger partial charge in [-0.2, -0.15) is 0 Å². The third-order valence-corrected chi connectivity index (χ3v) is 11.8. The maximum Gasteiger partial charge on any atom is 0.331 e. The largest absolute Gasteiger partial charge is 0.493 e. The van der Waals surface area contributed by atoms with Crippen molar-refractivity contribution in [3.05, 3.63) is 59.6 Å². The number of carbonyl (C=O) groups is 2. The lowest BCUT2D eigenvalue weighted by Crippen LogP contribution is -2.64. The number of aliphatic hydroxyl groups excluding tert-OH is 1. The van der Waals surface area contributed by atoms with Crippen LogP contribution in [0.5, 0.6) is 11.5 Å². The Morgan fingerprint density at radius 3 is 2.49 bits per heavy atom. The number of esters is 1. The zero-order valence-electron chi connectivity index (χ0n) is 27.3. The van der Waals surface area contributed by atoms with Crippen LogP contribution < -0.4 is 14.8 Å². The molecule has 0 radical (unpaired) electrons. The van der Waals surface area contributed by atoms with E-state index in [2.05, 4.69) is 26.1 Å². The number of cyclic esters (lactones) is 1. The summed E-state index contributed by atoms with van der Waals surface area (Å²) in [6, 6.07) is 7.79. The Kier molecular flexibility index (Phi) is 8.19. The number of carbonyl (C=O) groups excluding carboxylic acids is 2. The molecule has 3 heterocycles. The van der Waals surface area contributed by atoms with Gasteiger partial charge in [0.1, 0.15) is 11.9 Å². The second-order valence-electron chi connectivity index (χ2n) is 14.3. The van der Waals surface area contributed by atoms with E-state index in [1.807, 2.05) is 31.2 Å². The van der Waals surface area contributed by atoms with E-state index < -0.39 is 33.9 Å². The summed E-state index contributed by atoms with van der Waals surface area (Å²) in [4.78, 5) is 27.5. The minimum Gasteiger partial charge on any atom is -0.493 e. The Hall–Kier alpha value is -3.14. The first kappa shape index (κ1) is 31.8. The van der Waals surface area contributed by atoms with E-state index >= 15 is 0 Å². The maximum absolute atomic E-state index is 14.4. The van der Waals surface area contributed by atoms with E-state index in [4.69, 9.17) is 23.4 Å². The van der Waals surface area contributed by atoms with Crippen LogP contribution in [0, 0.1) is 28.1 Å². The first-order chi connectivity index (χ1) is 21.4. The van der Waals surface area contributed by atoms with Crippen LogP contribution in [0.3, 0.4) is 0 Å². The molecule has 244 valence electrons. The zero-order valence-corrected chi connectivity index (χ0v) is 27.3. The van der Waals surface area contributed by atoms with Crippen molar-refractivity contribution in [2.75, 3.05) is 33.9 Å². The third-order valence-electron chi connectivity index (χ3n) is 11.8. The number of ether oxygens (including phenoxy) is 4. The molecular formula is C36H47NO8. The fourth-order valence-corrected chi connectivity index (χ4v) is 9.65. The lowest BCUT2D eigenvalue weighted by Gasteiger charge is -2.63. The number of furan rings is 1. The van der Waals surface area contributed by atoms with E-state index in [-0.39, 0.29) is 30.3 Å². The number of hydrogen-bond acceptors (Lipinski definition) is 9. The molecule has 3 fully saturated rings. The van der Waals surface area contributed by atoms with Crippen LogP contribution in [-0.4, -0.2) is 62.5 Å². The topological polar surface area (TPSA) is 116 Å². The Morgan fingerprint density at radius 1 is 1.02 bits per heavy atom.